The minimum absolute atomic E-state index is 0.00415. The first-order valence-electron chi connectivity index (χ1n) is 7.91. The van der Waals surface area contributed by atoms with Crippen LogP contribution in [0.1, 0.15) is 24.5 Å². The number of benzene rings is 2. The number of hydrogen-bond acceptors (Lipinski definition) is 4. The molecule has 28 heavy (non-hydrogen) atoms. The summed E-state index contributed by atoms with van der Waals surface area (Å²) in [7, 11) is -5.48. The average Bonchev–Trinajstić information content (AvgIpc) is 2.64. The second kappa shape index (κ2) is 7.98. The van der Waals surface area contributed by atoms with Gasteiger partial charge in [0, 0.05) is 12.1 Å². The first-order valence-corrected chi connectivity index (χ1v) is 9.39. The van der Waals surface area contributed by atoms with Crippen molar-refractivity contribution >= 4 is 21.4 Å². The Kier molecular flexibility index (Phi) is 6.09. The summed E-state index contributed by atoms with van der Waals surface area (Å²) in [5.41, 5.74) is -5.00. The second-order valence-electron chi connectivity index (χ2n) is 5.74. The van der Waals surface area contributed by atoms with Crippen molar-refractivity contribution in [3.05, 3.63) is 59.4 Å². The summed E-state index contributed by atoms with van der Waals surface area (Å²) in [6.07, 6.45) is 0.0545. The highest BCUT2D eigenvalue weighted by atomic mass is 32.2. The molecule has 0 aliphatic carbocycles. The molecular formula is C18H14F4N2O3S. The molecule has 0 aromatic heterocycles. The van der Waals surface area contributed by atoms with Crippen molar-refractivity contribution in [2.24, 2.45) is 0 Å². The van der Waals surface area contributed by atoms with E-state index in [1.165, 1.54) is 6.07 Å². The van der Waals surface area contributed by atoms with Gasteiger partial charge < -0.3 is 4.90 Å². The Bertz CT molecular complexity index is 1030. The van der Waals surface area contributed by atoms with Gasteiger partial charge in [-0.2, -0.15) is 18.4 Å². The molecule has 1 amide bonds. The lowest BCUT2D eigenvalue weighted by molar-refractivity contribution is -0.118. The number of anilines is 1. The Morgan fingerprint density at radius 3 is 2.25 bits per heavy atom. The van der Waals surface area contributed by atoms with Crippen molar-refractivity contribution in [1.82, 2.24) is 0 Å². The highest BCUT2D eigenvalue weighted by Gasteiger charge is 2.46. The summed E-state index contributed by atoms with van der Waals surface area (Å²) >= 11 is 0. The molecule has 0 aliphatic heterocycles. The maximum atomic E-state index is 13.7. The Hall–Kier alpha value is -2.93. The zero-order valence-electron chi connectivity index (χ0n) is 14.5. The normalized spacial score (nSPS) is 11.7. The Labute approximate surface area is 158 Å². The molecule has 0 spiro atoms. The van der Waals surface area contributed by atoms with Gasteiger partial charge >= 0.3 is 5.51 Å². The topological polar surface area (TPSA) is 78.2 Å². The van der Waals surface area contributed by atoms with E-state index < -0.39 is 32.0 Å². The fourth-order valence-electron chi connectivity index (χ4n) is 2.40. The monoisotopic (exact) mass is 414 g/mol. The van der Waals surface area contributed by atoms with Crippen LogP contribution in [-0.4, -0.2) is 19.8 Å². The molecule has 0 aliphatic rings. The summed E-state index contributed by atoms with van der Waals surface area (Å²) in [5.74, 6) is -1.14. The number of amides is 1. The minimum atomic E-state index is -5.48. The molecular weight excluding hydrogens is 400 g/mol. The zero-order chi connectivity index (χ0) is 21.1. The van der Waals surface area contributed by atoms with Crippen LogP contribution in [-0.2, 0) is 21.2 Å². The van der Waals surface area contributed by atoms with E-state index in [4.69, 9.17) is 5.26 Å². The van der Waals surface area contributed by atoms with Crippen LogP contribution in [0.25, 0.3) is 0 Å². The highest BCUT2D eigenvalue weighted by Crippen LogP contribution is 2.30. The summed E-state index contributed by atoms with van der Waals surface area (Å²) in [6.45, 7) is 1.42. The number of halogens is 4. The predicted molar refractivity (Wildman–Crippen MR) is 92.3 cm³/mol. The summed E-state index contributed by atoms with van der Waals surface area (Å²) in [6, 6.07) is 8.98. The molecule has 0 bridgehead atoms. The van der Waals surface area contributed by atoms with Crippen LogP contribution >= 0.6 is 0 Å². The van der Waals surface area contributed by atoms with E-state index in [1.54, 1.807) is 13.0 Å². The first kappa shape index (κ1) is 21.4. The van der Waals surface area contributed by atoms with Crippen LogP contribution in [0, 0.1) is 17.1 Å². The molecule has 0 heterocycles. The van der Waals surface area contributed by atoms with Gasteiger partial charge in [-0.3, -0.25) is 4.79 Å². The molecule has 0 N–H and O–H groups in total. The summed E-state index contributed by atoms with van der Waals surface area (Å²) in [5, 5.41) is 8.96. The first-order chi connectivity index (χ1) is 13.0. The van der Waals surface area contributed by atoms with Crippen LogP contribution in [0.5, 0.6) is 0 Å². The number of rotatable bonds is 5. The van der Waals surface area contributed by atoms with Gasteiger partial charge in [0.05, 0.1) is 23.1 Å². The van der Waals surface area contributed by atoms with E-state index in [0.29, 0.717) is 5.56 Å². The maximum absolute atomic E-state index is 13.7. The molecule has 0 unspecified atom stereocenters. The van der Waals surface area contributed by atoms with Gasteiger partial charge in [-0.1, -0.05) is 19.1 Å². The molecule has 5 nitrogen and oxygen atoms in total. The minimum Gasteiger partial charge on any atom is -0.308 e. The van der Waals surface area contributed by atoms with Gasteiger partial charge in [0.25, 0.3) is 9.84 Å². The Morgan fingerprint density at radius 2 is 1.75 bits per heavy atom. The molecule has 2 rings (SSSR count). The molecule has 0 atom stereocenters. The van der Waals surface area contributed by atoms with Crippen LogP contribution in [0.4, 0.5) is 23.2 Å². The maximum Gasteiger partial charge on any atom is 0.501 e. The van der Waals surface area contributed by atoms with Crippen molar-refractivity contribution in [3.63, 3.8) is 0 Å². The fraction of sp³-hybridized carbons (Fsp3) is 0.222. The van der Waals surface area contributed by atoms with Crippen molar-refractivity contribution in [1.29, 1.82) is 5.26 Å². The fourth-order valence-corrected chi connectivity index (χ4v) is 3.16. The van der Waals surface area contributed by atoms with Crippen LogP contribution in [0.2, 0.25) is 0 Å². The lowest BCUT2D eigenvalue weighted by atomic mass is 10.1. The number of hydrogen-bond donors (Lipinski definition) is 0. The van der Waals surface area contributed by atoms with Crippen molar-refractivity contribution in [2.45, 2.75) is 30.3 Å². The highest BCUT2D eigenvalue weighted by molar-refractivity contribution is 7.92. The van der Waals surface area contributed by atoms with Crippen molar-refractivity contribution in [2.75, 3.05) is 4.90 Å². The van der Waals surface area contributed by atoms with Gasteiger partial charge in [-0.25, -0.2) is 12.8 Å². The SMILES string of the molecule is CCC(=O)N(Cc1ccc(S(=O)(=O)C(F)(F)F)cc1)c1cc(F)cc(C#N)c1. The molecule has 0 saturated heterocycles. The predicted octanol–water partition coefficient (Wildman–Crippen LogP) is 3.93. The lowest BCUT2D eigenvalue weighted by Gasteiger charge is -2.23. The smallest absolute Gasteiger partial charge is 0.308 e. The van der Waals surface area contributed by atoms with Crippen molar-refractivity contribution in [3.8, 4) is 6.07 Å². The third kappa shape index (κ3) is 4.48. The van der Waals surface area contributed by atoms with E-state index in [1.807, 2.05) is 0 Å². The van der Waals surface area contributed by atoms with Gasteiger partial charge in [-0.15, -0.1) is 0 Å². The molecule has 2 aromatic rings. The van der Waals surface area contributed by atoms with Gasteiger partial charge in [0.1, 0.15) is 5.82 Å². The number of nitrogens with zero attached hydrogens (tertiary/aromatic N) is 2. The number of carbonyl (C=O) groups excluding carboxylic acids is 1. The number of carbonyl (C=O) groups is 1. The summed E-state index contributed by atoms with van der Waals surface area (Å²) in [4.78, 5) is 12.5. The number of nitriles is 1. The van der Waals surface area contributed by atoms with Crippen LogP contribution in [0.3, 0.4) is 0 Å². The van der Waals surface area contributed by atoms with Gasteiger partial charge in [-0.05, 0) is 35.9 Å². The van der Waals surface area contributed by atoms with Crippen LogP contribution in [0.15, 0.2) is 47.4 Å². The standard InChI is InChI=1S/C18H14F4N2O3S/c1-2-17(25)24(15-8-13(10-23)7-14(19)9-15)11-12-3-5-16(6-4-12)28(26,27)18(20,21)22/h3-9H,2,11H2,1H3. The van der Waals surface area contributed by atoms with E-state index >= 15 is 0 Å². The van der Waals surface area contributed by atoms with E-state index in [-0.39, 0.29) is 24.2 Å². The third-order valence-electron chi connectivity index (χ3n) is 3.81. The van der Waals surface area contributed by atoms with Gasteiger partial charge in [0.15, 0.2) is 0 Å². The molecule has 148 valence electrons. The summed E-state index contributed by atoms with van der Waals surface area (Å²) < 4.78 is 74.4. The molecule has 0 fully saturated rings. The second-order valence-corrected chi connectivity index (χ2v) is 7.68. The molecule has 0 radical (unpaired) electrons. The van der Waals surface area contributed by atoms with E-state index in [2.05, 4.69) is 0 Å². The van der Waals surface area contributed by atoms with Crippen LogP contribution < -0.4 is 4.90 Å². The largest absolute Gasteiger partial charge is 0.501 e. The number of sulfone groups is 1. The number of alkyl halides is 3. The van der Waals surface area contributed by atoms with Gasteiger partial charge in [0.2, 0.25) is 5.91 Å². The van der Waals surface area contributed by atoms with Crippen molar-refractivity contribution < 1.29 is 30.8 Å². The van der Waals surface area contributed by atoms with E-state index in [9.17, 15) is 30.8 Å². The Morgan fingerprint density at radius 1 is 1.14 bits per heavy atom. The molecule has 10 heteroatoms. The Balaban J connectivity index is 2.38. The average molecular weight is 414 g/mol. The third-order valence-corrected chi connectivity index (χ3v) is 5.31. The zero-order valence-corrected chi connectivity index (χ0v) is 15.3. The lowest BCUT2D eigenvalue weighted by Crippen LogP contribution is -2.30. The molecule has 0 saturated carbocycles. The quantitative estimate of drug-likeness (QED) is 0.695. The van der Waals surface area contributed by atoms with E-state index in [0.717, 1.165) is 41.3 Å². The molecule has 2 aromatic carbocycles.